The standard InChI is InChI=1S/C18H23N5O2S/c1-26(24,25)22-18(9-5-2-6-10-18)11-23-12-20-15-16(23)13-7-3-4-8-14(13)21-17(15)19/h3-4,7-8,12,22H,2,5-6,9-11H2,1H3,(H2,19,21). The topological polar surface area (TPSA) is 103 Å². The summed E-state index contributed by atoms with van der Waals surface area (Å²) in [6, 6.07) is 7.81. The van der Waals surface area contributed by atoms with E-state index >= 15 is 0 Å². The maximum Gasteiger partial charge on any atom is 0.209 e. The van der Waals surface area contributed by atoms with Gasteiger partial charge in [-0.1, -0.05) is 37.5 Å². The van der Waals surface area contributed by atoms with Crippen molar-refractivity contribution in [2.45, 2.75) is 44.2 Å². The average molecular weight is 373 g/mol. The molecule has 0 unspecified atom stereocenters. The number of nitrogens with one attached hydrogen (secondary N) is 1. The van der Waals surface area contributed by atoms with E-state index in [9.17, 15) is 8.42 Å². The summed E-state index contributed by atoms with van der Waals surface area (Å²) in [6.07, 6.45) is 7.77. The molecular weight excluding hydrogens is 350 g/mol. The first-order valence-electron chi connectivity index (χ1n) is 8.85. The zero-order valence-corrected chi connectivity index (χ0v) is 15.6. The van der Waals surface area contributed by atoms with Crippen molar-refractivity contribution in [3.63, 3.8) is 0 Å². The molecule has 1 aliphatic rings. The number of nitrogens with two attached hydrogens (primary N) is 1. The molecule has 0 bridgehead atoms. The molecule has 1 fully saturated rings. The van der Waals surface area contributed by atoms with Crippen molar-refractivity contribution < 1.29 is 8.42 Å². The Morgan fingerprint density at radius 1 is 1.23 bits per heavy atom. The van der Waals surface area contributed by atoms with Crippen LogP contribution in [0.3, 0.4) is 0 Å². The molecule has 1 aromatic carbocycles. The monoisotopic (exact) mass is 373 g/mol. The minimum absolute atomic E-state index is 0.395. The lowest BCUT2D eigenvalue weighted by Crippen LogP contribution is -2.52. The van der Waals surface area contributed by atoms with Crippen molar-refractivity contribution in [1.29, 1.82) is 0 Å². The minimum Gasteiger partial charge on any atom is -0.382 e. The lowest BCUT2D eigenvalue weighted by molar-refractivity contribution is 0.238. The molecule has 0 atom stereocenters. The highest BCUT2D eigenvalue weighted by Gasteiger charge is 2.35. The Morgan fingerprint density at radius 2 is 1.96 bits per heavy atom. The molecule has 0 aliphatic heterocycles. The number of benzene rings is 1. The predicted molar refractivity (Wildman–Crippen MR) is 103 cm³/mol. The summed E-state index contributed by atoms with van der Waals surface area (Å²) >= 11 is 0. The molecule has 0 radical (unpaired) electrons. The summed E-state index contributed by atoms with van der Waals surface area (Å²) < 4.78 is 28.9. The first-order chi connectivity index (χ1) is 12.4. The highest BCUT2D eigenvalue weighted by Crippen LogP contribution is 2.33. The van der Waals surface area contributed by atoms with Gasteiger partial charge < -0.3 is 10.3 Å². The van der Waals surface area contributed by atoms with Gasteiger partial charge in [0.2, 0.25) is 10.0 Å². The normalized spacial score (nSPS) is 17.7. The van der Waals surface area contributed by atoms with Crippen molar-refractivity contribution in [3.05, 3.63) is 30.6 Å². The van der Waals surface area contributed by atoms with Crippen molar-refractivity contribution >= 4 is 37.8 Å². The number of sulfonamides is 1. The summed E-state index contributed by atoms with van der Waals surface area (Å²) in [6.45, 7) is 0.532. The molecule has 138 valence electrons. The third-order valence-electron chi connectivity index (χ3n) is 5.17. The van der Waals surface area contributed by atoms with E-state index in [-0.39, 0.29) is 0 Å². The quantitative estimate of drug-likeness (QED) is 0.731. The second-order valence-electron chi connectivity index (χ2n) is 7.30. The SMILES string of the molecule is CS(=O)(=O)NC1(Cn2cnc3c(N)nc4ccccc4c32)CCCCC1. The maximum atomic E-state index is 12.0. The molecule has 4 rings (SSSR count). The van der Waals surface area contributed by atoms with E-state index in [0.717, 1.165) is 48.5 Å². The Bertz CT molecular complexity index is 1070. The number of aromatic nitrogens is 3. The van der Waals surface area contributed by atoms with E-state index in [1.54, 1.807) is 6.33 Å². The lowest BCUT2D eigenvalue weighted by atomic mass is 9.82. The molecule has 0 spiro atoms. The molecule has 0 saturated heterocycles. The van der Waals surface area contributed by atoms with Gasteiger partial charge in [-0.25, -0.2) is 23.1 Å². The highest BCUT2D eigenvalue weighted by atomic mass is 32.2. The van der Waals surface area contributed by atoms with Gasteiger partial charge in [0.25, 0.3) is 0 Å². The van der Waals surface area contributed by atoms with Crippen LogP contribution in [-0.2, 0) is 16.6 Å². The Hall–Kier alpha value is -2.19. The van der Waals surface area contributed by atoms with Crippen LogP contribution in [0.4, 0.5) is 5.82 Å². The van der Waals surface area contributed by atoms with Crippen molar-refractivity contribution in [1.82, 2.24) is 19.3 Å². The number of hydrogen-bond donors (Lipinski definition) is 2. The number of anilines is 1. The summed E-state index contributed by atoms with van der Waals surface area (Å²) in [5, 5.41) is 0.972. The van der Waals surface area contributed by atoms with Crippen molar-refractivity contribution in [2.24, 2.45) is 0 Å². The lowest BCUT2D eigenvalue weighted by Gasteiger charge is -2.37. The van der Waals surface area contributed by atoms with Crippen LogP contribution in [0.2, 0.25) is 0 Å². The summed E-state index contributed by atoms with van der Waals surface area (Å²) in [4.78, 5) is 8.89. The maximum absolute atomic E-state index is 12.0. The van der Waals surface area contributed by atoms with Gasteiger partial charge in [-0.15, -0.1) is 0 Å². The van der Waals surface area contributed by atoms with Crippen LogP contribution in [0.5, 0.6) is 0 Å². The van der Waals surface area contributed by atoms with Gasteiger partial charge in [0.05, 0.1) is 29.2 Å². The largest absolute Gasteiger partial charge is 0.382 e. The first kappa shape index (κ1) is 17.2. The van der Waals surface area contributed by atoms with Gasteiger partial charge in [-0.2, -0.15) is 0 Å². The van der Waals surface area contributed by atoms with Crippen LogP contribution in [-0.4, -0.2) is 34.7 Å². The molecule has 26 heavy (non-hydrogen) atoms. The molecule has 7 nitrogen and oxygen atoms in total. The number of nitrogens with zero attached hydrogens (tertiary/aromatic N) is 3. The molecule has 0 amide bonds. The second-order valence-corrected chi connectivity index (χ2v) is 9.05. The summed E-state index contributed by atoms with van der Waals surface area (Å²) in [5.41, 5.74) is 8.00. The number of pyridine rings is 1. The molecule has 2 aromatic heterocycles. The van der Waals surface area contributed by atoms with E-state index < -0.39 is 15.6 Å². The first-order valence-corrected chi connectivity index (χ1v) is 10.7. The molecule has 1 saturated carbocycles. The van der Waals surface area contributed by atoms with E-state index in [0.29, 0.717) is 17.9 Å². The van der Waals surface area contributed by atoms with E-state index in [1.165, 1.54) is 6.26 Å². The van der Waals surface area contributed by atoms with Gasteiger partial charge in [0.15, 0.2) is 5.82 Å². The highest BCUT2D eigenvalue weighted by molar-refractivity contribution is 7.88. The minimum atomic E-state index is -3.31. The summed E-state index contributed by atoms with van der Waals surface area (Å²) in [7, 11) is -3.31. The van der Waals surface area contributed by atoms with E-state index in [4.69, 9.17) is 5.73 Å². The smallest absolute Gasteiger partial charge is 0.209 e. The molecular formula is C18H23N5O2S. The fourth-order valence-corrected chi connectivity index (χ4v) is 5.22. The van der Waals surface area contributed by atoms with Gasteiger partial charge >= 0.3 is 0 Å². The van der Waals surface area contributed by atoms with Crippen LogP contribution in [0.15, 0.2) is 30.6 Å². The zero-order chi connectivity index (χ0) is 18.4. The molecule has 3 N–H and O–H groups in total. The van der Waals surface area contributed by atoms with E-state index in [2.05, 4.69) is 14.7 Å². The molecule has 8 heteroatoms. The third-order valence-corrected chi connectivity index (χ3v) is 5.97. The molecule has 2 heterocycles. The van der Waals surface area contributed by atoms with Gasteiger partial charge in [-0.3, -0.25) is 0 Å². The number of nitrogen functional groups attached to an aromatic ring is 1. The third kappa shape index (κ3) is 3.14. The van der Waals surface area contributed by atoms with Gasteiger partial charge in [0.1, 0.15) is 5.52 Å². The van der Waals surface area contributed by atoms with Crippen LogP contribution in [0, 0.1) is 0 Å². The van der Waals surface area contributed by atoms with Crippen LogP contribution in [0.25, 0.3) is 21.9 Å². The number of para-hydroxylation sites is 1. The average Bonchev–Trinajstić information content (AvgIpc) is 2.98. The van der Waals surface area contributed by atoms with Crippen LogP contribution in [0.1, 0.15) is 32.1 Å². The number of imidazole rings is 1. The fraction of sp³-hybridized carbons (Fsp3) is 0.444. The molecule has 1 aliphatic carbocycles. The zero-order valence-electron chi connectivity index (χ0n) is 14.8. The second kappa shape index (κ2) is 6.21. The van der Waals surface area contributed by atoms with Gasteiger partial charge in [-0.05, 0) is 18.9 Å². The summed E-state index contributed by atoms with van der Waals surface area (Å²) in [5.74, 6) is 0.395. The van der Waals surface area contributed by atoms with Gasteiger partial charge in [0, 0.05) is 11.9 Å². The number of fused-ring (bicyclic) bond motifs is 3. The van der Waals surface area contributed by atoms with Crippen LogP contribution >= 0.6 is 0 Å². The van der Waals surface area contributed by atoms with Crippen LogP contribution < -0.4 is 10.5 Å². The molecule has 3 aromatic rings. The number of rotatable bonds is 4. The Labute approximate surface area is 152 Å². The van der Waals surface area contributed by atoms with Crippen molar-refractivity contribution in [2.75, 3.05) is 12.0 Å². The van der Waals surface area contributed by atoms with Crippen molar-refractivity contribution in [3.8, 4) is 0 Å². The Balaban J connectivity index is 1.85. The van der Waals surface area contributed by atoms with E-state index in [1.807, 2.05) is 28.8 Å². The number of hydrogen-bond acceptors (Lipinski definition) is 5. The predicted octanol–water partition coefficient (Wildman–Crippen LogP) is 2.42. The Morgan fingerprint density at radius 3 is 2.69 bits per heavy atom. The Kier molecular flexibility index (Phi) is 4.11. The fourth-order valence-electron chi connectivity index (χ4n) is 4.17.